The quantitative estimate of drug-likeness (QED) is 0.644. The second-order valence-electron chi connectivity index (χ2n) is 3.67. The first-order valence-electron chi connectivity index (χ1n) is 5.37. The molecule has 1 aromatic carbocycles. The van der Waals surface area contributed by atoms with Crippen molar-refractivity contribution in [2.45, 2.75) is 13.0 Å². The zero-order valence-corrected chi connectivity index (χ0v) is 9.92. The Kier molecular flexibility index (Phi) is 5.13. The fourth-order valence-electron chi connectivity index (χ4n) is 1.29. The first kappa shape index (κ1) is 14.0. The minimum absolute atomic E-state index is 0.0961. The minimum Gasteiger partial charge on any atom is -0.507 e. The number of carbonyl (C=O) groups excluding carboxylic acids is 2. The standard InChI is InChI=1S/C12H15NO5/c1-8(15)18-7-9(6-14)13-12(17)10-4-2-3-5-11(10)16/h2-5,9,14,16H,6-7H2,1H3,(H,13,17)/t9-/m0/s1. The van der Waals surface area contributed by atoms with E-state index in [9.17, 15) is 14.7 Å². The van der Waals surface area contributed by atoms with E-state index in [0.29, 0.717) is 0 Å². The van der Waals surface area contributed by atoms with Gasteiger partial charge in [-0.1, -0.05) is 12.1 Å². The Bertz CT molecular complexity index is 432. The molecule has 0 bridgehead atoms. The van der Waals surface area contributed by atoms with Crippen LogP contribution in [0.25, 0.3) is 0 Å². The number of benzene rings is 1. The number of amides is 1. The summed E-state index contributed by atoms with van der Waals surface area (Å²) in [5.41, 5.74) is 0.0961. The third-order valence-corrected chi connectivity index (χ3v) is 2.19. The molecule has 0 aromatic heterocycles. The molecule has 0 fully saturated rings. The van der Waals surface area contributed by atoms with E-state index in [0.717, 1.165) is 0 Å². The summed E-state index contributed by atoms with van der Waals surface area (Å²) in [6.07, 6.45) is 0. The zero-order valence-electron chi connectivity index (χ0n) is 9.92. The molecule has 3 N–H and O–H groups in total. The summed E-state index contributed by atoms with van der Waals surface area (Å²) >= 11 is 0. The summed E-state index contributed by atoms with van der Waals surface area (Å²) in [6, 6.07) is 5.32. The van der Waals surface area contributed by atoms with Gasteiger partial charge in [-0.2, -0.15) is 0 Å². The predicted molar refractivity (Wildman–Crippen MR) is 63.1 cm³/mol. The molecule has 0 saturated carbocycles. The van der Waals surface area contributed by atoms with Gasteiger partial charge in [0.15, 0.2) is 0 Å². The highest BCUT2D eigenvalue weighted by molar-refractivity contribution is 5.96. The highest BCUT2D eigenvalue weighted by Gasteiger charge is 2.16. The number of ether oxygens (including phenoxy) is 1. The lowest BCUT2D eigenvalue weighted by Gasteiger charge is -2.16. The second kappa shape index (κ2) is 6.61. The van der Waals surface area contributed by atoms with Gasteiger partial charge in [0.05, 0.1) is 18.2 Å². The Labute approximate surface area is 104 Å². The zero-order chi connectivity index (χ0) is 13.5. The lowest BCUT2D eigenvalue weighted by Crippen LogP contribution is -2.41. The van der Waals surface area contributed by atoms with E-state index in [2.05, 4.69) is 10.1 Å². The molecule has 18 heavy (non-hydrogen) atoms. The van der Waals surface area contributed by atoms with Crippen LogP contribution in [0.15, 0.2) is 24.3 Å². The fourth-order valence-corrected chi connectivity index (χ4v) is 1.29. The minimum atomic E-state index is -0.707. The average Bonchev–Trinajstić information content (AvgIpc) is 2.34. The average molecular weight is 253 g/mol. The topological polar surface area (TPSA) is 95.9 Å². The number of esters is 1. The number of nitrogens with one attached hydrogen (secondary N) is 1. The van der Waals surface area contributed by atoms with E-state index in [1.165, 1.54) is 19.1 Å². The van der Waals surface area contributed by atoms with Crippen LogP contribution >= 0.6 is 0 Å². The van der Waals surface area contributed by atoms with Crippen LogP contribution in [0.4, 0.5) is 0 Å². The van der Waals surface area contributed by atoms with E-state index >= 15 is 0 Å². The summed E-state index contributed by atoms with van der Waals surface area (Å²) in [4.78, 5) is 22.4. The smallest absolute Gasteiger partial charge is 0.302 e. The summed E-state index contributed by atoms with van der Waals surface area (Å²) in [5.74, 6) is -1.19. The molecule has 0 aliphatic carbocycles. The van der Waals surface area contributed by atoms with Gasteiger partial charge in [-0.3, -0.25) is 9.59 Å². The molecule has 0 spiro atoms. The van der Waals surface area contributed by atoms with Gasteiger partial charge in [0.2, 0.25) is 0 Å². The largest absolute Gasteiger partial charge is 0.507 e. The normalized spacial score (nSPS) is 11.7. The number of rotatable bonds is 5. The molecule has 0 aliphatic rings. The van der Waals surface area contributed by atoms with Crippen molar-refractivity contribution in [3.8, 4) is 5.75 Å². The third-order valence-electron chi connectivity index (χ3n) is 2.19. The molecule has 6 nitrogen and oxygen atoms in total. The van der Waals surface area contributed by atoms with Gasteiger partial charge < -0.3 is 20.3 Å². The maximum Gasteiger partial charge on any atom is 0.302 e. The Balaban J connectivity index is 2.62. The predicted octanol–water partition coefficient (Wildman–Crippen LogP) is 0.0460. The summed E-state index contributed by atoms with van der Waals surface area (Å²) < 4.78 is 4.69. The van der Waals surface area contributed by atoms with Crippen LogP contribution in [0.3, 0.4) is 0 Å². The van der Waals surface area contributed by atoms with Crippen LogP contribution in [0, 0.1) is 0 Å². The van der Waals surface area contributed by atoms with Crippen molar-refractivity contribution in [2.75, 3.05) is 13.2 Å². The Morgan fingerprint density at radius 1 is 1.39 bits per heavy atom. The number of hydrogen-bond acceptors (Lipinski definition) is 5. The van der Waals surface area contributed by atoms with Crippen LogP contribution in [-0.2, 0) is 9.53 Å². The summed E-state index contributed by atoms with van der Waals surface area (Å²) in [6.45, 7) is 0.747. The number of aliphatic hydroxyl groups is 1. The van der Waals surface area contributed by atoms with E-state index in [-0.39, 0.29) is 24.5 Å². The molecule has 1 atom stereocenters. The maximum absolute atomic E-state index is 11.8. The summed E-state index contributed by atoms with van der Waals surface area (Å²) in [5, 5.41) is 21.0. The number of carbonyl (C=O) groups is 2. The Hall–Kier alpha value is -2.08. The van der Waals surface area contributed by atoms with E-state index in [1.807, 2.05) is 0 Å². The number of hydrogen-bond donors (Lipinski definition) is 3. The van der Waals surface area contributed by atoms with E-state index < -0.39 is 17.9 Å². The SMILES string of the molecule is CC(=O)OC[C@H](CO)NC(=O)c1ccccc1O. The van der Waals surface area contributed by atoms with Gasteiger partial charge in [-0.15, -0.1) is 0 Å². The molecule has 0 unspecified atom stereocenters. The second-order valence-corrected chi connectivity index (χ2v) is 3.67. The van der Waals surface area contributed by atoms with E-state index in [1.54, 1.807) is 12.1 Å². The van der Waals surface area contributed by atoms with E-state index in [4.69, 9.17) is 5.11 Å². The number of aliphatic hydroxyl groups excluding tert-OH is 1. The van der Waals surface area contributed by atoms with Crippen molar-refractivity contribution in [1.82, 2.24) is 5.32 Å². The van der Waals surface area contributed by atoms with Gasteiger partial charge >= 0.3 is 5.97 Å². The Morgan fingerprint density at radius 2 is 2.06 bits per heavy atom. The number of phenols is 1. The van der Waals surface area contributed by atoms with Gasteiger partial charge in [0.1, 0.15) is 12.4 Å². The highest BCUT2D eigenvalue weighted by atomic mass is 16.5. The fraction of sp³-hybridized carbons (Fsp3) is 0.333. The molecular formula is C12H15NO5. The van der Waals surface area contributed by atoms with Gasteiger partial charge in [-0.25, -0.2) is 0 Å². The third kappa shape index (κ3) is 4.06. The molecule has 0 aliphatic heterocycles. The molecular weight excluding hydrogens is 238 g/mol. The number of aromatic hydroxyl groups is 1. The first-order chi connectivity index (χ1) is 8.54. The molecule has 1 rings (SSSR count). The van der Waals surface area contributed by atoms with Crippen molar-refractivity contribution in [1.29, 1.82) is 0 Å². The van der Waals surface area contributed by atoms with Crippen LogP contribution in [0.1, 0.15) is 17.3 Å². The van der Waals surface area contributed by atoms with Crippen molar-refractivity contribution in [3.05, 3.63) is 29.8 Å². The van der Waals surface area contributed by atoms with Gasteiger partial charge in [-0.05, 0) is 12.1 Å². The lowest BCUT2D eigenvalue weighted by atomic mass is 10.2. The summed E-state index contributed by atoms with van der Waals surface area (Å²) in [7, 11) is 0. The maximum atomic E-state index is 11.8. The van der Waals surface area contributed by atoms with Crippen molar-refractivity contribution >= 4 is 11.9 Å². The molecule has 1 aromatic rings. The van der Waals surface area contributed by atoms with Crippen LogP contribution in [0.5, 0.6) is 5.75 Å². The van der Waals surface area contributed by atoms with Gasteiger partial charge in [0, 0.05) is 6.92 Å². The van der Waals surface area contributed by atoms with Gasteiger partial charge in [0.25, 0.3) is 5.91 Å². The highest BCUT2D eigenvalue weighted by Crippen LogP contribution is 2.15. The van der Waals surface area contributed by atoms with Crippen molar-refractivity contribution < 1.29 is 24.5 Å². The monoisotopic (exact) mass is 253 g/mol. The number of phenolic OH excluding ortho intramolecular Hbond substituents is 1. The van der Waals surface area contributed by atoms with Crippen molar-refractivity contribution in [3.63, 3.8) is 0 Å². The lowest BCUT2D eigenvalue weighted by molar-refractivity contribution is -0.141. The molecule has 0 radical (unpaired) electrons. The molecule has 0 heterocycles. The van der Waals surface area contributed by atoms with Crippen molar-refractivity contribution in [2.24, 2.45) is 0 Å². The molecule has 6 heteroatoms. The molecule has 0 saturated heterocycles. The first-order valence-corrected chi connectivity index (χ1v) is 5.37. The van der Waals surface area contributed by atoms with Crippen LogP contribution in [-0.4, -0.2) is 41.3 Å². The molecule has 98 valence electrons. The Morgan fingerprint density at radius 3 is 2.61 bits per heavy atom. The van der Waals surface area contributed by atoms with Crippen LogP contribution in [0.2, 0.25) is 0 Å². The van der Waals surface area contributed by atoms with Crippen LogP contribution < -0.4 is 5.32 Å². The number of para-hydroxylation sites is 1. The molecule has 1 amide bonds.